The maximum atomic E-state index is 10.7. The number of benzene rings is 1. The number of aliphatic imine (C=N–C) groups is 1. The lowest BCUT2D eigenvalue weighted by Crippen LogP contribution is -2.16. The van der Waals surface area contributed by atoms with Crippen LogP contribution < -0.4 is 5.73 Å². The minimum atomic E-state index is -0.432. The second-order valence-corrected chi connectivity index (χ2v) is 4.38. The number of nitro groups is 1. The van der Waals surface area contributed by atoms with Crippen molar-refractivity contribution in [3.05, 3.63) is 39.4 Å². The molecule has 1 aromatic carbocycles. The number of nitrogens with two attached hydrogens (primary N) is 1. The van der Waals surface area contributed by atoms with Crippen LogP contribution in [0.4, 0.5) is 5.69 Å². The van der Waals surface area contributed by atoms with Gasteiger partial charge >= 0.3 is 0 Å². The van der Waals surface area contributed by atoms with Gasteiger partial charge in [-0.25, -0.2) is 0 Å². The van der Waals surface area contributed by atoms with Gasteiger partial charge in [0.25, 0.3) is 5.69 Å². The van der Waals surface area contributed by atoms with E-state index in [0.717, 1.165) is 5.56 Å². The Morgan fingerprint density at radius 2 is 2.18 bits per heavy atom. The Hall–Kier alpha value is -1.91. The maximum Gasteiger partial charge on any atom is 0.270 e. The average molecular weight is 235 g/mol. The van der Waals surface area contributed by atoms with E-state index in [1.807, 2.05) is 20.8 Å². The molecule has 1 rings (SSSR count). The monoisotopic (exact) mass is 235 g/mol. The first-order valence-electron chi connectivity index (χ1n) is 5.47. The summed E-state index contributed by atoms with van der Waals surface area (Å²) in [5.74, 6) is 0.771. The Labute approximate surface area is 101 Å². The van der Waals surface area contributed by atoms with Crippen LogP contribution in [0.5, 0.6) is 0 Å². The van der Waals surface area contributed by atoms with Crippen LogP contribution >= 0.6 is 0 Å². The van der Waals surface area contributed by atoms with Gasteiger partial charge in [-0.3, -0.25) is 15.1 Å². The average Bonchev–Trinajstić information content (AvgIpc) is 2.26. The second-order valence-electron chi connectivity index (χ2n) is 4.38. The van der Waals surface area contributed by atoms with E-state index < -0.39 is 4.92 Å². The molecule has 0 bridgehead atoms. The fourth-order valence-corrected chi connectivity index (χ4v) is 1.37. The number of rotatable bonds is 4. The highest BCUT2D eigenvalue weighted by Gasteiger charge is 2.11. The molecule has 5 heteroatoms. The number of nitrogens with zero attached hydrogens (tertiary/aromatic N) is 2. The molecule has 0 aliphatic carbocycles. The smallest absolute Gasteiger partial charge is 0.270 e. The van der Waals surface area contributed by atoms with Crippen LogP contribution in [0.2, 0.25) is 0 Å². The summed E-state index contributed by atoms with van der Waals surface area (Å²) in [4.78, 5) is 14.5. The summed E-state index contributed by atoms with van der Waals surface area (Å²) < 4.78 is 0. The summed E-state index contributed by atoms with van der Waals surface area (Å²) in [6.07, 6.45) is 0. The Balaban J connectivity index is 3.07. The summed E-state index contributed by atoms with van der Waals surface area (Å²) >= 11 is 0. The molecule has 0 aliphatic heterocycles. The largest absolute Gasteiger partial charge is 0.383 e. The lowest BCUT2D eigenvalue weighted by Gasteiger charge is -2.06. The van der Waals surface area contributed by atoms with Gasteiger partial charge in [0.2, 0.25) is 0 Å². The highest BCUT2D eigenvalue weighted by atomic mass is 16.6. The van der Waals surface area contributed by atoms with Gasteiger partial charge in [0, 0.05) is 24.2 Å². The Morgan fingerprint density at radius 3 is 2.71 bits per heavy atom. The van der Waals surface area contributed by atoms with E-state index in [2.05, 4.69) is 4.99 Å². The van der Waals surface area contributed by atoms with Crippen molar-refractivity contribution in [1.82, 2.24) is 0 Å². The van der Waals surface area contributed by atoms with Crippen molar-refractivity contribution >= 4 is 11.5 Å². The molecular weight excluding hydrogens is 218 g/mol. The molecular formula is C12H17N3O2. The number of aryl methyl sites for hydroxylation is 1. The molecule has 2 N–H and O–H groups in total. The van der Waals surface area contributed by atoms with Gasteiger partial charge in [0.15, 0.2) is 0 Å². The molecule has 0 saturated carbocycles. The third kappa shape index (κ3) is 3.55. The minimum Gasteiger partial charge on any atom is -0.383 e. The Kier molecular flexibility index (Phi) is 4.20. The normalized spacial score (nSPS) is 11.9. The van der Waals surface area contributed by atoms with Crippen molar-refractivity contribution < 1.29 is 4.92 Å². The molecule has 5 nitrogen and oxygen atoms in total. The maximum absolute atomic E-state index is 10.7. The number of hydrogen-bond acceptors (Lipinski definition) is 3. The summed E-state index contributed by atoms with van der Waals surface area (Å²) in [5.41, 5.74) is 7.40. The third-order valence-corrected chi connectivity index (χ3v) is 2.33. The van der Waals surface area contributed by atoms with Crippen LogP contribution in [-0.4, -0.2) is 17.3 Å². The van der Waals surface area contributed by atoms with E-state index in [1.165, 1.54) is 12.1 Å². The van der Waals surface area contributed by atoms with E-state index in [1.54, 1.807) is 6.07 Å². The van der Waals surface area contributed by atoms with Gasteiger partial charge in [-0.05, 0) is 18.4 Å². The fraction of sp³-hybridized carbons (Fsp3) is 0.417. The van der Waals surface area contributed by atoms with Crippen LogP contribution in [0.15, 0.2) is 23.2 Å². The molecule has 0 spiro atoms. The van der Waals surface area contributed by atoms with E-state index >= 15 is 0 Å². The number of amidine groups is 1. The van der Waals surface area contributed by atoms with Crippen LogP contribution in [-0.2, 0) is 0 Å². The van der Waals surface area contributed by atoms with Crippen molar-refractivity contribution in [3.8, 4) is 0 Å². The molecule has 0 fully saturated rings. The van der Waals surface area contributed by atoms with Crippen molar-refractivity contribution in [3.63, 3.8) is 0 Å². The first-order chi connectivity index (χ1) is 7.91. The van der Waals surface area contributed by atoms with Gasteiger partial charge in [-0.15, -0.1) is 0 Å². The Bertz CT molecular complexity index is 453. The molecule has 0 saturated heterocycles. The predicted molar refractivity (Wildman–Crippen MR) is 68.3 cm³/mol. The molecule has 1 aromatic rings. The zero-order chi connectivity index (χ0) is 13.0. The minimum absolute atomic E-state index is 0.0355. The Morgan fingerprint density at radius 1 is 1.53 bits per heavy atom. The highest BCUT2D eigenvalue weighted by molar-refractivity contribution is 5.99. The standard InChI is InChI=1S/C12H17N3O2/c1-8(2)7-14-12(13)11-6-10(15(16)17)5-4-9(11)3/h4-6,8H,7H2,1-3H3,(H2,13,14). The van der Waals surface area contributed by atoms with E-state index in [0.29, 0.717) is 23.9 Å². The summed E-state index contributed by atoms with van der Waals surface area (Å²) in [6, 6.07) is 4.62. The quantitative estimate of drug-likeness (QED) is 0.376. The van der Waals surface area contributed by atoms with E-state index in [-0.39, 0.29) is 5.69 Å². The van der Waals surface area contributed by atoms with Crippen LogP contribution in [0.25, 0.3) is 0 Å². The zero-order valence-electron chi connectivity index (χ0n) is 10.3. The van der Waals surface area contributed by atoms with Crippen LogP contribution in [0.1, 0.15) is 25.0 Å². The number of non-ortho nitro benzene ring substituents is 1. The molecule has 17 heavy (non-hydrogen) atoms. The van der Waals surface area contributed by atoms with Crippen LogP contribution in [0, 0.1) is 23.0 Å². The zero-order valence-corrected chi connectivity index (χ0v) is 10.3. The first-order valence-corrected chi connectivity index (χ1v) is 5.47. The summed E-state index contributed by atoms with van der Waals surface area (Å²) in [5, 5.41) is 10.7. The number of hydrogen-bond donors (Lipinski definition) is 1. The van der Waals surface area contributed by atoms with Gasteiger partial charge in [0.05, 0.1) is 4.92 Å². The van der Waals surface area contributed by atoms with Gasteiger partial charge in [-0.2, -0.15) is 0 Å². The molecule has 92 valence electrons. The van der Waals surface area contributed by atoms with Gasteiger partial charge in [-0.1, -0.05) is 19.9 Å². The topological polar surface area (TPSA) is 81.5 Å². The van der Waals surface area contributed by atoms with E-state index in [9.17, 15) is 10.1 Å². The van der Waals surface area contributed by atoms with Crippen LogP contribution in [0.3, 0.4) is 0 Å². The van der Waals surface area contributed by atoms with Crippen molar-refractivity contribution in [2.24, 2.45) is 16.6 Å². The lowest BCUT2D eigenvalue weighted by atomic mass is 10.1. The predicted octanol–water partition coefficient (Wildman–Crippen LogP) is 2.26. The van der Waals surface area contributed by atoms with Crippen molar-refractivity contribution in [2.45, 2.75) is 20.8 Å². The molecule has 0 radical (unpaired) electrons. The summed E-state index contributed by atoms with van der Waals surface area (Å²) in [6.45, 7) is 6.55. The van der Waals surface area contributed by atoms with Crippen molar-refractivity contribution in [2.75, 3.05) is 6.54 Å². The molecule has 0 atom stereocenters. The lowest BCUT2D eigenvalue weighted by molar-refractivity contribution is -0.384. The fourth-order valence-electron chi connectivity index (χ4n) is 1.37. The molecule has 0 aliphatic rings. The molecule has 0 unspecified atom stereocenters. The third-order valence-electron chi connectivity index (χ3n) is 2.33. The second kappa shape index (κ2) is 5.43. The SMILES string of the molecule is Cc1ccc([N+](=O)[O-])cc1C(N)=NCC(C)C. The molecule has 0 heterocycles. The van der Waals surface area contributed by atoms with Gasteiger partial charge in [0.1, 0.15) is 5.84 Å². The summed E-state index contributed by atoms with van der Waals surface area (Å²) in [7, 11) is 0. The first kappa shape index (κ1) is 13.2. The molecule has 0 amide bonds. The van der Waals surface area contributed by atoms with Crippen molar-refractivity contribution in [1.29, 1.82) is 0 Å². The van der Waals surface area contributed by atoms with Gasteiger partial charge < -0.3 is 5.73 Å². The van der Waals surface area contributed by atoms with E-state index in [4.69, 9.17) is 5.73 Å². The molecule has 0 aromatic heterocycles. The highest BCUT2D eigenvalue weighted by Crippen LogP contribution is 2.17. The number of nitro benzene ring substituents is 1.